The van der Waals surface area contributed by atoms with Gasteiger partial charge in [-0.15, -0.1) is 0 Å². The molecule has 0 unspecified atom stereocenters. The number of aliphatic hydroxyl groups is 1. The summed E-state index contributed by atoms with van der Waals surface area (Å²) in [7, 11) is 1.82. The number of aliphatic hydroxyl groups excluding tert-OH is 1. The molecular weight excluding hydrogens is 184 g/mol. The number of quaternary nitrogens is 1. The van der Waals surface area contributed by atoms with Gasteiger partial charge in [-0.3, -0.25) is 0 Å². The first-order chi connectivity index (χ1) is 6.65. The first kappa shape index (κ1) is 10.9. The van der Waals surface area contributed by atoms with Crippen LogP contribution < -0.4 is 10.1 Å². The molecule has 1 aromatic rings. The molecule has 5 nitrogen and oxygen atoms in total. The molecule has 78 valence electrons. The van der Waals surface area contributed by atoms with Gasteiger partial charge >= 0.3 is 0 Å². The maximum atomic E-state index is 10.4. The lowest BCUT2D eigenvalue weighted by Gasteiger charge is -2.25. The van der Waals surface area contributed by atoms with Crippen LogP contribution in [0.4, 0.5) is 11.4 Å². The molecule has 0 bridgehead atoms. The Hall–Kier alpha value is -1.14. The number of rotatable bonds is 4. The van der Waals surface area contributed by atoms with Gasteiger partial charge in [-0.2, -0.15) is 0 Å². The second-order valence-electron chi connectivity index (χ2n) is 2.98. The summed E-state index contributed by atoms with van der Waals surface area (Å²) in [6.45, 7) is 0.587. The van der Waals surface area contributed by atoms with E-state index < -0.39 is 5.23 Å². The van der Waals surface area contributed by atoms with Gasteiger partial charge in [0.2, 0.25) is 0 Å². The zero-order chi connectivity index (χ0) is 10.6. The zero-order valence-corrected chi connectivity index (χ0v) is 7.93. The van der Waals surface area contributed by atoms with E-state index in [0.29, 0.717) is 6.54 Å². The Morgan fingerprint density at radius 1 is 1.29 bits per heavy atom. The highest BCUT2D eigenvalue weighted by atomic mass is 16.8. The number of likely N-dealkylation sites (N-methyl/N-ethyl adjacent to an activating group) is 1. The number of nitrogens with zero attached hydrogens (tertiary/aromatic N) is 1. The summed E-state index contributed by atoms with van der Waals surface area (Å²) in [5.41, 5.74) is 1.02. The van der Waals surface area contributed by atoms with Gasteiger partial charge in [0.15, 0.2) is 0 Å². The molecule has 0 aliphatic rings. The third-order valence-corrected chi connectivity index (χ3v) is 1.98. The van der Waals surface area contributed by atoms with Crippen LogP contribution in [0.25, 0.3) is 0 Å². The van der Waals surface area contributed by atoms with Crippen LogP contribution >= 0.6 is 0 Å². The Balaban J connectivity index is 2.72. The van der Waals surface area contributed by atoms with Crippen molar-refractivity contribution in [2.45, 2.75) is 0 Å². The summed E-state index contributed by atoms with van der Waals surface area (Å²) in [5.74, 6) is 0. The lowest BCUT2D eigenvalue weighted by atomic mass is 10.2. The molecule has 0 fully saturated rings. The van der Waals surface area contributed by atoms with Crippen molar-refractivity contribution in [1.29, 1.82) is 0 Å². The Kier molecular flexibility index (Phi) is 3.84. The Morgan fingerprint density at radius 3 is 2.29 bits per heavy atom. The molecule has 14 heavy (non-hydrogen) atoms. The molecule has 2 N–H and O–H groups in total. The third kappa shape index (κ3) is 2.68. The van der Waals surface area contributed by atoms with E-state index in [1.165, 1.54) is 12.1 Å². The van der Waals surface area contributed by atoms with E-state index in [0.717, 1.165) is 5.69 Å². The van der Waals surface area contributed by atoms with E-state index in [4.69, 9.17) is 5.11 Å². The van der Waals surface area contributed by atoms with E-state index in [-0.39, 0.29) is 12.3 Å². The summed E-state index contributed by atoms with van der Waals surface area (Å²) < 4.78 is 0. The number of nitrogens with one attached hydrogen (secondary N) is 1. The van der Waals surface area contributed by atoms with Gasteiger partial charge in [0, 0.05) is 31.4 Å². The van der Waals surface area contributed by atoms with E-state index in [9.17, 15) is 10.4 Å². The Bertz CT molecular complexity index is 274. The predicted octanol–water partition coefficient (Wildman–Crippen LogP) is -0.373. The fourth-order valence-corrected chi connectivity index (χ4v) is 1.13. The maximum Gasteiger partial charge on any atom is 0.131 e. The standard InChI is InChI=1S/C9H13N2O3/c1-10(6-7-12)8-2-4-9(5-3-8)11(13)14/h2-5,11-12H,6-7H2,1H3/q-1. The largest absolute Gasteiger partial charge is 0.628 e. The van der Waals surface area contributed by atoms with Gasteiger partial charge in [0.05, 0.1) is 6.61 Å². The summed E-state index contributed by atoms with van der Waals surface area (Å²) in [6.07, 6.45) is 0. The second kappa shape index (κ2) is 4.92. The highest BCUT2D eigenvalue weighted by molar-refractivity contribution is 5.50. The minimum atomic E-state index is -1.18. The van der Waals surface area contributed by atoms with Crippen molar-refractivity contribution in [3.05, 3.63) is 34.7 Å². The van der Waals surface area contributed by atoms with Crippen LogP contribution in [0.1, 0.15) is 0 Å². The molecule has 1 aromatic carbocycles. The number of hydrogen-bond acceptors (Lipinski definition) is 4. The normalized spacial score (nSPS) is 10.6. The molecule has 0 spiro atoms. The summed E-state index contributed by atoms with van der Waals surface area (Å²) >= 11 is 0. The van der Waals surface area contributed by atoms with E-state index in [2.05, 4.69) is 0 Å². The first-order valence-corrected chi connectivity index (χ1v) is 4.28. The van der Waals surface area contributed by atoms with Crippen LogP contribution in [0.5, 0.6) is 0 Å². The Labute approximate surface area is 82.3 Å². The molecule has 0 heterocycles. The van der Waals surface area contributed by atoms with Crippen molar-refractivity contribution in [2.24, 2.45) is 0 Å². The highest BCUT2D eigenvalue weighted by Crippen LogP contribution is 2.13. The van der Waals surface area contributed by atoms with Crippen molar-refractivity contribution < 1.29 is 10.3 Å². The zero-order valence-electron chi connectivity index (χ0n) is 7.93. The quantitative estimate of drug-likeness (QED) is 0.646. The van der Waals surface area contributed by atoms with Crippen molar-refractivity contribution in [2.75, 3.05) is 25.1 Å². The molecule has 0 atom stereocenters. The molecule has 0 amide bonds. The van der Waals surface area contributed by atoms with Crippen LogP contribution in [-0.4, -0.2) is 25.3 Å². The predicted molar refractivity (Wildman–Crippen MR) is 54.2 cm³/mol. The maximum absolute atomic E-state index is 10.4. The molecule has 0 aliphatic heterocycles. The molecule has 0 aliphatic carbocycles. The number of hydrogen-bond donors (Lipinski definition) is 2. The topological polar surface area (TPSA) is 74.0 Å². The van der Waals surface area contributed by atoms with Gasteiger partial charge in [-0.1, -0.05) is 0 Å². The molecule has 0 radical (unpaired) electrons. The fraction of sp³-hybridized carbons (Fsp3) is 0.333. The van der Waals surface area contributed by atoms with Crippen LogP contribution in [0, 0.1) is 10.4 Å². The first-order valence-electron chi connectivity index (χ1n) is 4.28. The third-order valence-electron chi connectivity index (χ3n) is 1.98. The van der Waals surface area contributed by atoms with Gasteiger partial charge in [0.1, 0.15) is 5.69 Å². The minimum absolute atomic E-state index is 0.0682. The number of anilines is 1. The summed E-state index contributed by atoms with van der Waals surface area (Å²) in [4.78, 5) is 1.83. The van der Waals surface area contributed by atoms with E-state index >= 15 is 0 Å². The summed E-state index contributed by atoms with van der Waals surface area (Å²) in [6, 6.07) is 6.33. The smallest absolute Gasteiger partial charge is 0.131 e. The monoisotopic (exact) mass is 197 g/mol. The van der Waals surface area contributed by atoms with E-state index in [1.54, 1.807) is 12.1 Å². The van der Waals surface area contributed by atoms with Crippen molar-refractivity contribution in [3.63, 3.8) is 0 Å². The average molecular weight is 197 g/mol. The highest BCUT2D eigenvalue weighted by Gasteiger charge is 2.00. The van der Waals surface area contributed by atoms with Crippen molar-refractivity contribution in [1.82, 2.24) is 0 Å². The fourth-order valence-electron chi connectivity index (χ4n) is 1.13. The van der Waals surface area contributed by atoms with Gasteiger partial charge in [-0.25, -0.2) is 0 Å². The molecule has 0 saturated heterocycles. The minimum Gasteiger partial charge on any atom is -0.628 e. The van der Waals surface area contributed by atoms with Crippen molar-refractivity contribution >= 4 is 11.4 Å². The second-order valence-corrected chi connectivity index (χ2v) is 2.98. The average Bonchev–Trinajstić information content (AvgIpc) is 2.18. The Morgan fingerprint density at radius 2 is 1.86 bits per heavy atom. The summed E-state index contributed by atoms with van der Waals surface area (Å²) in [5, 5.41) is 28.4. The van der Waals surface area contributed by atoms with Crippen LogP contribution in [0.2, 0.25) is 0 Å². The SMILES string of the molecule is CN(CCO)c1ccc([NH+]([O-])[O-])cc1. The van der Waals surface area contributed by atoms with E-state index in [1.807, 2.05) is 11.9 Å². The van der Waals surface area contributed by atoms with Gasteiger partial charge in [0.25, 0.3) is 0 Å². The van der Waals surface area contributed by atoms with Crippen LogP contribution in [0.3, 0.4) is 0 Å². The van der Waals surface area contributed by atoms with Gasteiger partial charge in [-0.05, 0) is 12.1 Å². The lowest BCUT2D eigenvalue weighted by Crippen LogP contribution is -2.96. The molecular formula is C9H13N2O3-. The molecule has 5 heteroatoms. The molecule has 0 saturated carbocycles. The van der Waals surface area contributed by atoms with Gasteiger partial charge < -0.3 is 25.6 Å². The number of benzene rings is 1. The molecule has 0 aromatic heterocycles. The van der Waals surface area contributed by atoms with Crippen LogP contribution in [-0.2, 0) is 0 Å². The van der Waals surface area contributed by atoms with Crippen molar-refractivity contribution in [3.8, 4) is 0 Å². The molecule has 1 rings (SSSR count). The van der Waals surface area contributed by atoms with Crippen LogP contribution in [0.15, 0.2) is 24.3 Å². The lowest BCUT2D eigenvalue weighted by molar-refractivity contribution is -0.715.